The van der Waals surface area contributed by atoms with E-state index in [-0.39, 0.29) is 17.1 Å². The Labute approximate surface area is 158 Å². The molecule has 0 unspecified atom stereocenters. The summed E-state index contributed by atoms with van der Waals surface area (Å²) in [4.78, 5) is 46.8. The average molecular weight is 383 g/mol. The Hall–Kier alpha value is -3.20. The summed E-state index contributed by atoms with van der Waals surface area (Å²) in [6.07, 6.45) is 0. The lowest BCUT2D eigenvalue weighted by atomic mass is 10.1. The zero-order valence-corrected chi connectivity index (χ0v) is 15.5. The second kappa shape index (κ2) is 7.58. The van der Waals surface area contributed by atoms with Gasteiger partial charge in [0.1, 0.15) is 11.4 Å². The molecule has 3 aromatic rings. The van der Waals surface area contributed by atoms with E-state index in [0.29, 0.717) is 5.16 Å². The number of nitrogen functional groups attached to an aromatic ring is 1. The Bertz CT molecular complexity index is 1120. The number of benzene rings is 1. The molecule has 0 aliphatic carbocycles. The normalized spacial score (nSPS) is 10.7. The van der Waals surface area contributed by atoms with Gasteiger partial charge >= 0.3 is 5.69 Å². The molecule has 1 aromatic carbocycles. The smallest absolute Gasteiger partial charge is 0.329 e. The summed E-state index contributed by atoms with van der Waals surface area (Å²) >= 11 is 1.11. The van der Waals surface area contributed by atoms with Crippen molar-refractivity contribution in [3.05, 3.63) is 68.5 Å². The molecule has 8 nitrogen and oxygen atoms in total. The highest BCUT2D eigenvalue weighted by atomic mass is 32.2. The van der Waals surface area contributed by atoms with Gasteiger partial charge in [0.25, 0.3) is 5.56 Å². The maximum atomic E-state index is 12.5. The number of nitrogens with two attached hydrogens (primary N) is 1. The molecule has 0 saturated carbocycles. The molecule has 0 amide bonds. The van der Waals surface area contributed by atoms with E-state index in [1.165, 1.54) is 7.05 Å². The van der Waals surface area contributed by atoms with Crippen LogP contribution in [0.4, 0.5) is 5.82 Å². The molecule has 2 heterocycles. The average Bonchev–Trinajstić information content (AvgIpc) is 2.65. The molecule has 0 aliphatic heterocycles. The van der Waals surface area contributed by atoms with E-state index in [1.807, 2.05) is 43.3 Å². The molecule has 0 saturated heterocycles. The number of aromatic amines is 1. The van der Waals surface area contributed by atoms with Crippen molar-refractivity contribution in [1.82, 2.24) is 19.5 Å². The molecule has 0 bridgehead atoms. The largest absolute Gasteiger partial charge is 0.384 e. The van der Waals surface area contributed by atoms with Crippen LogP contribution in [0.2, 0.25) is 0 Å². The van der Waals surface area contributed by atoms with Crippen LogP contribution < -0.4 is 17.0 Å². The molecule has 0 fully saturated rings. The highest BCUT2D eigenvalue weighted by Crippen LogP contribution is 2.22. The van der Waals surface area contributed by atoms with Crippen LogP contribution in [0.15, 0.2) is 51.1 Å². The third kappa shape index (κ3) is 3.98. The number of nitrogens with zero attached hydrogens (tertiary/aromatic N) is 3. The van der Waals surface area contributed by atoms with Crippen molar-refractivity contribution in [2.75, 3.05) is 11.5 Å². The number of H-pyrrole nitrogens is 1. The van der Waals surface area contributed by atoms with Crippen molar-refractivity contribution >= 4 is 23.4 Å². The minimum Gasteiger partial charge on any atom is -0.384 e. The van der Waals surface area contributed by atoms with Crippen LogP contribution in [0.1, 0.15) is 16.1 Å². The van der Waals surface area contributed by atoms with Crippen LogP contribution in [-0.2, 0) is 7.05 Å². The molecule has 0 spiro atoms. The van der Waals surface area contributed by atoms with Gasteiger partial charge in [-0.2, -0.15) is 0 Å². The summed E-state index contributed by atoms with van der Waals surface area (Å²) in [6.45, 7) is 1.84. The first-order valence-corrected chi connectivity index (χ1v) is 9.01. The Balaban J connectivity index is 1.85. The number of carbonyl (C=O) groups excluding carboxylic acids is 1. The lowest BCUT2D eigenvalue weighted by Gasteiger charge is -2.08. The first-order chi connectivity index (χ1) is 12.9. The lowest BCUT2D eigenvalue weighted by Crippen LogP contribution is -2.35. The third-order valence-corrected chi connectivity index (χ3v) is 4.73. The highest BCUT2D eigenvalue weighted by molar-refractivity contribution is 7.99. The van der Waals surface area contributed by atoms with Gasteiger partial charge in [-0.3, -0.25) is 19.1 Å². The van der Waals surface area contributed by atoms with E-state index < -0.39 is 17.0 Å². The fourth-order valence-corrected chi connectivity index (χ4v) is 3.25. The van der Waals surface area contributed by atoms with Crippen LogP contribution in [0.3, 0.4) is 0 Å². The molecule has 27 heavy (non-hydrogen) atoms. The summed E-state index contributed by atoms with van der Waals surface area (Å²) in [7, 11) is 1.38. The van der Waals surface area contributed by atoms with Crippen molar-refractivity contribution in [3.8, 4) is 11.3 Å². The fourth-order valence-electron chi connectivity index (χ4n) is 2.47. The summed E-state index contributed by atoms with van der Waals surface area (Å²) in [5.41, 5.74) is 6.51. The number of rotatable bonds is 5. The second-order valence-corrected chi connectivity index (χ2v) is 6.78. The number of nitrogens with one attached hydrogen (secondary N) is 1. The number of carbonyl (C=O) groups is 1. The zero-order chi connectivity index (χ0) is 19.6. The van der Waals surface area contributed by atoms with Crippen molar-refractivity contribution < 1.29 is 4.79 Å². The molecule has 0 atom stereocenters. The van der Waals surface area contributed by atoms with E-state index in [1.54, 1.807) is 0 Å². The Morgan fingerprint density at radius 1 is 1.22 bits per heavy atom. The molecule has 2 aromatic heterocycles. The van der Waals surface area contributed by atoms with Crippen LogP contribution in [0.5, 0.6) is 0 Å². The van der Waals surface area contributed by atoms with Crippen molar-refractivity contribution in [3.63, 3.8) is 0 Å². The number of anilines is 1. The molecule has 3 rings (SSSR count). The zero-order valence-electron chi connectivity index (χ0n) is 14.7. The maximum absolute atomic E-state index is 12.5. The number of ketones is 1. The molecular weight excluding hydrogens is 366 g/mol. The quantitative estimate of drug-likeness (QED) is 0.388. The predicted octanol–water partition coefficient (Wildman–Crippen LogP) is 1.40. The summed E-state index contributed by atoms with van der Waals surface area (Å²) in [5.74, 6) is -0.742. The van der Waals surface area contributed by atoms with E-state index >= 15 is 0 Å². The lowest BCUT2D eigenvalue weighted by molar-refractivity contribution is 0.102. The third-order valence-electron chi connectivity index (χ3n) is 3.88. The van der Waals surface area contributed by atoms with Gasteiger partial charge in [0.05, 0.1) is 11.4 Å². The number of hydrogen-bond acceptors (Lipinski definition) is 7. The molecule has 0 radical (unpaired) electrons. The summed E-state index contributed by atoms with van der Waals surface area (Å²) in [6, 6.07) is 11.5. The predicted molar refractivity (Wildman–Crippen MR) is 104 cm³/mol. The monoisotopic (exact) mass is 383 g/mol. The van der Waals surface area contributed by atoms with E-state index in [4.69, 9.17) is 5.73 Å². The van der Waals surface area contributed by atoms with E-state index in [2.05, 4.69) is 15.0 Å². The van der Waals surface area contributed by atoms with Gasteiger partial charge in [0.2, 0.25) is 0 Å². The van der Waals surface area contributed by atoms with Crippen LogP contribution in [0.25, 0.3) is 11.3 Å². The van der Waals surface area contributed by atoms with Gasteiger partial charge in [0, 0.05) is 18.3 Å². The second-order valence-electron chi connectivity index (χ2n) is 5.83. The van der Waals surface area contributed by atoms with Crippen molar-refractivity contribution in [1.29, 1.82) is 0 Å². The van der Waals surface area contributed by atoms with Crippen molar-refractivity contribution in [2.24, 2.45) is 7.05 Å². The minimum atomic E-state index is -0.795. The SMILES string of the molecule is Cc1cc(-c2ccccc2)nc(SCC(=O)c2c(N)n(C)c(=O)[nH]c2=O)n1. The fraction of sp³-hybridized carbons (Fsp3) is 0.167. The first-order valence-electron chi connectivity index (χ1n) is 8.02. The number of thioether (sulfide) groups is 1. The minimum absolute atomic E-state index is 0.0802. The van der Waals surface area contributed by atoms with Gasteiger partial charge in [-0.1, -0.05) is 42.1 Å². The summed E-state index contributed by atoms with van der Waals surface area (Å²) in [5, 5.41) is 0.419. The van der Waals surface area contributed by atoms with E-state index in [9.17, 15) is 14.4 Å². The first kappa shape index (κ1) is 18.6. The standard InChI is InChI=1S/C18H17N5O3S/c1-10-8-12(11-6-4-3-5-7-11)21-17(20-10)27-9-13(24)14-15(19)23(2)18(26)22-16(14)25/h3-8H,9,19H2,1-2H3,(H,22,25,26). The number of aromatic nitrogens is 4. The Kier molecular flexibility index (Phi) is 5.22. The van der Waals surface area contributed by atoms with Gasteiger partial charge in [-0.25, -0.2) is 14.8 Å². The van der Waals surface area contributed by atoms with Gasteiger partial charge in [-0.05, 0) is 13.0 Å². The van der Waals surface area contributed by atoms with Crippen molar-refractivity contribution in [2.45, 2.75) is 12.1 Å². The maximum Gasteiger partial charge on any atom is 0.329 e. The van der Waals surface area contributed by atoms with Crippen LogP contribution in [0, 0.1) is 6.92 Å². The number of aryl methyl sites for hydroxylation is 1. The molecule has 138 valence electrons. The van der Waals surface area contributed by atoms with Gasteiger partial charge < -0.3 is 5.73 Å². The van der Waals surface area contributed by atoms with E-state index in [0.717, 1.165) is 33.3 Å². The van der Waals surface area contributed by atoms with Crippen LogP contribution >= 0.6 is 11.8 Å². The Morgan fingerprint density at radius 2 is 1.93 bits per heavy atom. The summed E-state index contributed by atoms with van der Waals surface area (Å²) < 4.78 is 1.02. The van der Waals surface area contributed by atoms with Gasteiger partial charge in [0.15, 0.2) is 10.9 Å². The van der Waals surface area contributed by atoms with Gasteiger partial charge in [-0.15, -0.1) is 0 Å². The topological polar surface area (TPSA) is 124 Å². The molecule has 0 aliphatic rings. The Morgan fingerprint density at radius 3 is 2.63 bits per heavy atom. The highest BCUT2D eigenvalue weighted by Gasteiger charge is 2.19. The molecular formula is C18H17N5O3S. The van der Waals surface area contributed by atoms with Crippen LogP contribution in [-0.4, -0.2) is 31.1 Å². The number of Topliss-reactive ketones (excluding diaryl/α,β-unsaturated/α-hetero) is 1. The molecule has 3 N–H and O–H groups in total. The molecule has 9 heteroatoms. The number of hydrogen-bond donors (Lipinski definition) is 2.